The summed E-state index contributed by atoms with van der Waals surface area (Å²) in [4.78, 5) is 30.9. The lowest BCUT2D eigenvalue weighted by molar-refractivity contribution is -0.137. The van der Waals surface area contributed by atoms with Crippen molar-refractivity contribution in [3.63, 3.8) is 0 Å². The zero-order valence-corrected chi connectivity index (χ0v) is 19.4. The molecule has 1 aliphatic rings. The molecule has 0 bridgehead atoms. The molecule has 2 aromatic rings. The highest BCUT2D eigenvalue weighted by Crippen LogP contribution is 2.28. The number of para-hydroxylation sites is 1. The standard InChI is InChI=1S/C26H37N3O3/c1-2-29-18-16-23-21(19-29)25(20-13-10-11-14-22(20)28-23)26(32)27-17-12-8-6-4-3-5-7-9-15-24(30)31/h10-11,13-14H,2-9,12,15-19H2,1H3,(H,27,32)(H,30,31). The average Bonchev–Trinajstić information content (AvgIpc) is 2.80. The lowest BCUT2D eigenvalue weighted by Gasteiger charge is -2.29. The van der Waals surface area contributed by atoms with Gasteiger partial charge in [0.25, 0.3) is 5.91 Å². The number of carboxylic acids is 1. The normalized spacial score (nSPS) is 13.8. The van der Waals surface area contributed by atoms with Gasteiger partial charge >= 0.3 is 5.97 Å². The Morgan fingerprint density at radius 2 is 1.72 bits per heavy atom. The smallest absolute Gasteiger partial charge is 0.303 e. The van der Waals surface area contributed by atoms with Crippen molar-refractivity contribution in [1.82, 2.24) is 15.2 Å². The lowest BCUT2D eigenvalue weighted by Crippen LogP contribution is -2.34. The van der Waals surface area contributed by atoms with E-state index in [1.807, 2.05) is 24.3 Å². The Kier molecular flexibility index (Phi) is 9.47. The monoisotopic (exact) mass is 439 g/mol. The molecule has 0 aliphatic carbocycles. The molecule has 0 unspecified atom stereocenters. The maximum Gasteiger partial charge on any atom is 0.303 e. The number of carbonyl (C=O) groups is 2. The van der Waals surface area contributed by atoms with Gasteiger partial charge in [0.1, 0.15) is 0 Å². The van der Waals surface area contributed by atoms with Crippen LogP contribution in [-0.2, 0) is 17.8 Å². The molecule has 6 nitrogen and oxygen atoms in total. The van der Waals surface area contributed by atoms with E-state index in [1.54, 1.807) is 0 Å². The molecule has 0 fully saturated rings. The third-order valence-electron chi connectivity index (χ3n) is 6.40. The zero-order valence-electron chi connectivity index (χ0n) is 19.4. The van der Waals surface area contributed by atoms with Crippen molar-refractivity contribution in [3.05, 3.63) is 41.1 Å². The molecular weight excluding hydrogens is 402 g/mol. The third-order valence-corrected chi connectivity index (χ3v) is 6.40. The number of hydrogen-bond acceptors (Lipinski definition) is 4. The molecule has 0 radical (unpaired) electrons. The largest absolute Gasteiger partial charge is 0.481 e. The predicted molar refractivity (Wildman–Crippen MR) is 128 cm³/mol. The molecule has 1 aliphatic heterocycles. The molecule has 1 aromatic carbocycles. The Balaban J connectivity index is 1.47. The Labute approximate surface area is 191 Å². The van der Waals surface area contributed by atoms with E-state index < -0.39 is 5.97 Å². The van der Waals surface area contributed by atoms with Crippen LogP contribution in [0.5, 0.6) is 0 Å². The van der Waals surface area contributed by atoms with Gasteiger partial charge in [-0.15, -0.1) is 0 Å². The minimum Gasteiger partial charge on any atom is -0.481 e. The summed E-state index contributed by atoms with van der Waals surface area (Å²) in [5.41, 5.74) is 3.88. The highest BCUT2D eigenvalue weighted by atomic mass is 16.4. The number of carboxylic acid groups (broad SMARTS) is 1. The highest BCUT2D eigenvalue weighted by Gasteiger charge is 2.25. The first-order valence-electron chi connectivity index (χ1n) is 12.2. The van der Waals surface area contributed by atoms with Gasteiger partial charge in [0, 0.05) is 49.1 Å². The van der Waals surface area contributed by atoms with E-state index in [0.717, 1.165) is 98.7 Å². The second-order valence-electron chi connectivity index (χ2n) is 8.78. The number of likely N-dealkylation sites (N-methyl/N-ethyl adjacent to an activating group) is 1. The summed E-state index contributed by atoms with van der Waals surface area (Å²) in [6.07, 6.45) is 9.66. The van der Waals surface area contributed by atoms with E-state index in [1.165, 1.54) is 6.42 Å². The van der Waals surface area contributed by atoms with Crippen LogP contribution in [0.2, 0.25) is 0 Å². The fourth-order valence-corrected chi connectivity index (χ4v) is 4.53. The van der Waals surface area contributed by atoms with E-state index in [9.17, 15) is 9.59 Å². The summed E-state index contributed by atoms with van der Waals surface area (Å²) >= 11 is 0. The Morgan fingerprint density at radius 1 is 1.03 bits per heavy atom. The summed E-state index contributed by atoms with van der Waals surface area (Å²) in [6, 6.07) is 7.98. The third kappa shape index (κ3) is 6.76. The first-order valence-corrected chi connectivity index (χ1v) is 12.2. The van der Waals surface area contributed by atoms with Gasteiger partial charge < -0.3 is 10.4 Å². The number of aromatic nitrogens is 1. The van der Waals surface area contributed by atoms with Crippen molar-refractivity contribution in [3.8, 4) is 0 Å². The number of nitrogens with one attached hydrogen (secondary N) is 1. The molecule has 0 spiro atoms. The molecule has 1 amide bonds. The lowest BCUT2D eigenvalue weighted by atomic mass is 9.95. The molecule has 6 heteroatoms. The van der Waals surface area contributed by atoms with Crippen LogP contribution in [0.4, 0.5) is 0 Å². The van der Waals surface area contributed by atoms with Crippen molar-refractivity contribution < 1.29 is 14.7 Å². The molecule has 0 atom stereocenters. The van der Waals surface area contributed by atoms with Crippen LogP contribution < -0.4 is 5.32 Å². The maximum absolute atomic E-state index is 13.2. The van der Waals surface area contributed by atoms with Crippen molar-refractivity contribution in [1.29, 1.82) is 0 Å². The van der Waals surface area contributed by atoms with Crippen LogP contribution in [0, 0.1) is 0 Å². The number of benzene rings is 1. The second kappa shape index (κ2) is 12.5. The molecule has 2 N–H and O–H groups in total. The SMILES string of the molecule is CCN1CCc2nc3ccccc3c(C(=O)NCCCCCCCCCCC(=O)O)c2C1. The molecule has 0 saturated carbocycles. The minimum absolute atomic E-state index is 0.0243. The van der Waals surface area contributed by atoms with E-state index >= 15 is 0 Å². The fraction of sp³-hybridized carbons (Fsp3) is 0.577. The van der Waals surface area contributed by atoms with Crippen LogP contribution in [-0.4, -0.2) is 46.5 Å². The summed E-state index contributed by atoms with van der Waals surface area (Å²) in [6.45, 7) is 5.62. The van der Waals surface area contributed by atoms with E-state index in [2.05, 4.69) is 17.1 Å². The van der Waals surface area contributed by atoms with Crippen LogP contribution in [0.1, 0.15) is 86.3 Å². The second-order valence-corrected chi connectivity index (χ2v) is 8.78. The number of carbonyl (C=O) groups excluding carboxylic acids is 1. The van der Waals surface area contributed by atoms with Gasteiger partial charge in [0.2, 0.25) is 0 Å². The van der Waals surface area contributed by atoms with Crippen LogP contribution >= 0.6 is 0 Å². The van der Waals surface area contributed by atoms with E-state index in [0.29, 0.717) is 6.54 Å². The highest BCUT2D eigenvalue weighted by molar-refractivity contribution is 6.07. The number of unbranched alkanes of at least 4 members (excludes halogenated alkanes) is 7. The van der Waals surface area contributed by atoms with Crippen molar-refractivity contribution in [2.24, 2.45) is 0 Å². The summed E-state index contributed by atoms with van der Waals surface area (Å²) in [7, 11) is 0. The summed E-state index contributed by atoms with van der Waals surface area (Å²) in [5, 5.41) is 12.8. The molecular formula is C26H37N3O3. The van der Waals surface area contributed by atoms with Crippen molar-refractivity contribution in [2.45, 2.75) is 77.7 Å². The van der Waals surface area contributed by atoms with Gasteiger partial charge in [-0.25, -0.2) is 0 Å². The molecule has 32 heavy (non-hydrogen) atoms. The van der Waals surface area contributed by atoms with Crippen LogP contribution in [0.25, 0.3) is 10.9 Å². The molecule has 174 valence electrons. The van der Waals surface area contributed by atoms with Crippen LogP contribution in [0.3, 0.4) is 0 Å². The average molecular weight is 440 g/mol. The summed E-state index contributed by atoms with van der Waals surface area (Å²) < 4.78 is 0. The molecule has 0 saturated heterocycles. The Hall–Kier alpha value is -2.47. The first kappa shape index (κ1) is 24.2. The number of aliphatic carboxylic acids is 1. The van der Waals surface area contributed by atoms with Crippen molar-refractivity contribution >= 4 is 22.8 Å². The Bertz CT molecular complexity index is 913. The number of amides is 1. The maximum atomic E-state index is 13.2. The van der Waals surface area contributed by atoms with Gasteiger partial charge in [0.15, 0.2) is 0 Å². The minimum atomic E-state index is -0.699. The molecule has 3 rings (SSSR count). The quantitative estimate of drug-likeness (QED) is 0.432. The number of hydrogen-bond donors (Lipinski definition) is 2. The number of fused-ring (bicyclic) bond motifs is 2. The summed E-state index contributed by atoms with van der Waals surface area (Å²) in [5.74, 6) is -0.675. The predicted octanol–water partition coefficient (Wildman–Crippen LogP) is 4.94. The number of pyridine rings is 1. The number of nitrogens with zero attached hydrogens (tertiary/aromatic N) is 2. The van der Waals surface area contributed by atoms with Gasteiger partial charge in [-0.3, -0.25) is 19.5 Å². The molecule has 1 aromatic heterocycles. The van der Waals surface area contributed by atoms with E-state index in [-0.39, 0.29) is 12.3 Å². The first-order chi connectivity index (χ1) is 15.6. The van der Waals surface area contributed by atoms with Crippen molar-refractivity contribution in [2.75, 3.05) is 19.6 Å². The number of rotatable bonds is 13. The van der Waals surface area contributed by atoms with Gasteiger partial charge in [-0.05, 0) is 25.5 Å². The molecule has 2 heterocycles. The fourth-order valence-electron chi connectivity index (χ4n) is 4.53. The van der Waals surface area contributed by atoms with E-state index in [4.69, 9.17) is 10.1 Å². The Morgan fingerprint density at radius 3 is 2.44 bits per heavy atom. The topological polar surface area (TPSA) is 82.5 Å². The van der Waals surface area contributed by atoms with Gasteiger partial charge in [0.05, 0.1) is 11.1 Å². The van der Waals surface area contributed by atoms with Gasteiger partial charge in [-0.2, -0.15) is 0 Å². The van der Waals surface area contributed by atoms with Gasteiger partial charge in [-0.1, -0.05) is 63.6 Å². The van der Waals surface area contributed by atoms with Crippen LogP contribution in [0.15, 0.2) is 24.3 Å². The zero-order chi connectivity index (χ0) is 22.8.